The van der Waals surface area contributed by atoms with Crippen LogP contribution in [-0.4, -0.2) is 52.5 Å². The first-order valence-corrected chi connectivity index (χ1v) is 12.6. The molecule has 0 bridgehead atoms. The van der Waals surface area contributed by atoms with Gasteiger partial charge in [-0.2, -0.15) is 0 Å². The molecule has 0 spiro atoms. The monoisotopic (exact) mass is 481 g/mol. The van der Waals surface area contributed by atoms with Gasteiger partial charge < -0.3 is 15.0 Å². The normalized spacial score (nSPS) is 18.5. The molecule has 3 heterocycles. The lowest BCUT2D eigenvalue weighted by Gasteiger charge is -2.33. The zero-order valence-corrected chi connectivity index (χ0v) is 21.7. The minimum atomic E-state index is -0.504. The molecule has 182 valence electrons. The number of pyridine rings is 2. The highest BCUT2D eigenvalue weighted by atomic mass is 32.2. The molecule has 2 radical (unpaired) electrons. The summed E-state index contributed by atoms with van der Waals surface area (Å²) in [7, 11) is 5.81. The van der Waals surface area contributed by atoms with Crippen molar-refractivity contribution in [3.05, 3.63) is 42.2 Å². The van der Waals surface area contributed by atoms with Gasteiger partial charge in [0.2, 0.25) is 0 Å². The molecule has 9 heteroatoms. The molecule has 1 saturated heterocycles. The van der Waals surface area contributed by atoms with E-state index in [2.05, 4.69) is 29.1 Å². The van der Waals surface area contributed by atoms with Crippen molar-refractivity contribution in [2.45, 2.75) is 82.5 Å². The topological polar surface area (TPSA) is 93.4 Å². The first-order chi connectivity index (χ1) is 15.9. The van der Waals surface area contributed by atoms with Crippen molar-refractivity contribution in [2.75, 3.05) is 11.9 Å². The number of aromatic nitrogens is 2. The zero-order chi connectivity index (χ0) is 24.9. The number of hydrogen-bond donors (Lipinski definition) is 2. The van der Waals surface area contributed by atoms with E-state index in [0.29, 0.717) is 17.9 Å². The number of hydrogen-bond acceptors (Lipinski definition) is 7. The van der Waals surface area contributed by atoms with E-state index >= 15 is 0 Å². The Kier molecular flexibility index (Phi) is 8.52. The van der Waals surface area contributed by atoms with Crippen molar-refractivity contribution >= 4 is 37.2 Å². The fraction of sp³-hybridized carbons (Fsp3) is 0.560. The van der Waals surface area contributed by atoms with Gasteiger partial charge in [-0.25, -0.2) is 9.78 Å². The number of ether oxygens (including phenoxy) is 1. The third kappa shape index (κ3) is 7.63. The summed E-state index contributed by atoms with van der Waals surface area (Å²) in [5.41, 5.74) is 0.884. The van der Waals surface area contributed by atoms with Crippen LogP contribution >= 0.6 is 11.9 Å². The molecule has 3 rings (SSSR count). The average Bonchev–Trinajstić information content (AvgIpc) is 3.07. The molecular formula is C25H36BN5O2S. The van der Waals surface area contributed by atoms with Crippen LogP contribution < -0.4 is 15.9 Å². The van der Waals surface area contributed by atoms with E-state index in [1.165, 1.54) is 0 Å². The molecular weight excluding hydrogens is 445 g/mol. The molecule has 1 fully saturated rings. The molecule has 2 aromatic rings. The summed E-state index contributed by atoms with van der Waals surface area (Å²) in [5, 5.41) is 10.0. The average molecular weight is 481 g/mol. The molecule has 2 aromatic heterocycles. The van der Waals surface area contributed by atoms with Gasteiger partial charge in [0, 0.05) is 36.4 Å². The molecule has 2 atom stereocenters. The Morgan fingerprint density at radius 2 is 2.12 bits per heavy atom. The highest BCUT2D eigenvalue weighted by molar-refractivity contribution is 7.97. The summed E-state index contributed by atoms with van der Waals surface area (Å²) < 4.78 is 5.66. The molecule has 0 aliphatic carbocycles. The summed E-state index contributed by atoms with van der Waals surface area (Å²) in [5.74, 6) is 1.18. The summed E-state index contributed by atoms with van der Waals surface area (Å²) in [6.45, 7) is 10.6. The van der Waals surface area contributed by atoms with Crippen LogP contribution in [0, 0.1) is 5.92 Å². The molecule has 1 aliphatic rings. The van der Waals surface area contributed by atoms with Gasteiger partial charge in [-0.1, -0.05) is 17.6 Å². The number of nitrogens with one attached hydrogen (secondary N) is 1. The maximum atomic E-state index is 12.8. The quantitative estimate of drug-likeness (QED) is 0.434. The molecule has 7 nitrogen and oxygen atoms in total. The highest BCUT2D eigenvalue weighted by Crippen LogP contribution is 2.36. The van der Waals surface area contributed by atoms with Crippen LogP contribution in [0.5, 0.6) is 0 Å². The van der Waals surface area contributed by atoms with Gasteiger partial charge in [-0.05, 0) is 89.9 Å². The SMILES string of the molecule is [B]c1ccc(CC(CCC2CN(C(=O)OC(C)(C)C)C(C)(C)C2)Nc2cccc(SN)n2)nc1. The number of rotatable bonds is 8. The van der Waals surface area contributed by atoms with Crippen molar-refractivity contribution in [2.24, 2.45) is 11.1 Å². The van der Waals surface area contributed by atoms with Crippen LogP contribution in [0.1, 0.15) is 59.6 Å². The van der Waals surface area contributed by atoms with E-state index in [-0.39, 0.29) is 17.7 Å². The molecule has 1 aliphatic heterocycles. The van der Waals surface area contributed by atoms with E-state index in [1.54, 1.807) is 6.20 Å². The molecule has 0 saturated carbocycles. The lowest BCUT2D eigenvalue weighted by Crippen LogP contribution is -2.45. The lowest BCUT2D eigenvalue weighted by atomic mass is 9.91. The van der Waals surface area contributed by atoms with Gasteiger partial charge >= 0.3 is 6.09 Å². The standard InChI is InChI=1S/C25H36BN5O2S/c1-24(2,3)33-23(32)31-16-17(14-25(31,4)5)9-11-20(13-19-12-10-18(26)15-28-19)29-21-7-6-8-22(30-21)34-27/h6-8,10,12,15,17,20H,9,11,13-14,16,27H2,1-5H3,(H,29,30). The molecule has 3 N–H and O–H groups in total. The van der Waals surface area contributed by atoms with Crippen molar-refractivity contribution in [1.82, 2.24) is 14.9 Å². The van der Waals surface area contributed by atoms with Gasteiger partial charge in [0.1, 0.15) is 24.3 Å². The zero-order valence-electron chi connectivity index (χ0n) is 20.9. The first kappa shape index (κ1) is 26.4. The highest BCUT2D eigenvalue weighted by Gasteiger charge is 2.42. The van der Waals surface area contributed by atoms with Crippen LogP contribution in [0.3, 0.4) is 0 Å². The van der Waals surface area contributed by atoms with Crippen LogP contribution in [0.25, 0.3) is 0 Å². The van der Waals surface area contributed by atoms with Crippen molar-refractivity contribution in [1.29, 1.82) is 0 Å². The van der Waals surface area contributed by atoms with E-state index in [1.807, 2.05) is 56.0 Å². The molecule has 2 unspecified atom stereocenters. The van der Waals surface area contributed by atoms with Crippen LogP contribution in [-0.2, 0) is 11.2 Å². The Balaban J connectivity index is 1.68. The number of amides is 1. The molecule has 34 heavy (non-hydrogen) atoms. The maximum Gasteiger partial charge on any atom is 0.410 e. The Morgan fingerprint density at radius 3 is 2.76 bits per heavy atom. The number of nitrogens with two attached hydrogens (primary N) is 1. The number of nitrogens with zero attached hydrogens (tertiary/aromatic N) is 3. The second-order valence-electron chi connectivity index (χ2n) is 10.7. The van der Waals surface area contributed by atoms with Gasteiger partial charge in [0.15, 0.2) is 0 Å². The first-order valence-electron chi connectivity index (χ1n) is 11.8. The molecule has 0 aromatic carbocycles. The predicted molar refractivity (Wildman–Crippen MR) is 139 cm³/mol. The van der Waals surface area contributed by atoms with E-state index in [4.69, 9.17) is 17.7 Å². The van der Waals surface area contributed by atoms with Crippen molar-refractivity contribution in [3.63, 3.8) is 0 Å². The minimum absolute atomic E-state index is 0.125. The Labute approximate surface area is 209 Å². The Morgan fingerprint density at radius 1 is 1.35 bits per heavy atom. The number of carbonyl (C=O) groups is 1. The predicted octanol–water partition coefficient (Wildman–Crippen LogP) is 4.08. The third-order valence-electron chi connectivity index (χ3n) is 6.00. The van der Waals surface area contributed by atoms with Crippen LogP contribution in [0.15, 0.2) is 41.6 Å². The van der Waals surface area contributed by atoms with Crippen LogP contribution in [0.4, 0.5) is 10.6 Å². The smallest absolute Gasteiger partial charge is 0.410 e. The van der Waals surface area contributed by atoms with Crippen molar-refractivity contribution in [3.8, 4) is 0 Å². The largest absolute Gasteiger partial charge is 0.444 e. The minimum Gasteiger partial charge on any atom is -0.444 e. The number of anilines is 1. The summed E-state index contributed by atoms with van der Waals surface area (Å²) >= 11 is 1.13. The fourth-order valence-corrected chi connectivity index (χ4v) is 4.77. The van der Waals surface area contributed by atoms with Gasteiger partial charge in [0.25, 0.3) is 0 Å². The fourth-order valence-electron chi connectivity index (χ4n) is 4.46. The van der Waals surface area contributed by atoms with E-state index in [9.17, 15) is 4.79 Å². The van der Waals surface area contributed by atoms with Gasteiger partial charge in [-0.15, -0.1) is 0 Å². The third-order valence-corrected chi connectivity index (χ3v) is 6.47. The second kappa shape index (κ2) is 11.0. The summed E-state index contributed by atoms with van der Waals surface area (Å²) in [6.07, 6.45) is 5.03. The number of carbonyl (C=O) groups excluding carboxylic acids is 1. The summed E-state index contributed by atoms with van der Waals surface area (Å²) in [6, 6.07) is 9.75. The van der Waals surface area contributed by atoms with Crippen molar-refractivity contribution < 1.29 is 9.53 Å². The van der Waals surface area contributed by atoms with Gasteiger partial charge in [-0.3, -0.25) is 10.1 Å². The second-order valence-corrected chi connectivity index (χ2v) is 11.3. The Hall–Kier alpha value is -2.26. The van der Waals surface area contributed by atoms with Crippen LogP contribution in [0.2, 0.25) is 0 Å². The van der Waals surface area contributed by atoms with E-state index < -0.39 is 5.60 Å². The summed E-state index contributed by atoms with van der Waals surface area (Å²) in [4.78, 5) is 23.7. The number of likely N-dealkylation sites (tertiary alicyclic amines) is 1. The Bertz CT molecular complexity index is 965. The maximum absolute atomic E-state index is 12.8. The lowest BCUT2D eigenvalue weighted by molar-refractivity contribution is 0.0131. The molecule has 1 amide bonds. The van der Waals surface area contributed by atoms with Gasteiger partial charge in [0.05, 0.1) is 0 Å². The van der Waals surface area contributed by atoms with E-state index in [0.717, 1.165) is 54.2 Å².